The van der Waals surface area contributed by atoms with Gasteiger partial charge in [0.15, 0.2) is 0 Å². The highest BCUT2D eigenvalue weighted by Crippen LogP contribution is 2.29. The lowest BCUT2D eigenvalue weighted by atomic mass is 9.95. The van der Waals surface area contributed by atoms with E-state index in [4.69, 9.17) is 5.84 Å². The van der Waals surface area contributed by atoms with Gasteiger partial charge in [0.05, 0.1) is 0 Å². The Morgan fingerprint density at radius 1 is 1.43 bits per heavy atom. The summed E-state index contributed by atoms with van der Waals surface area (Å²) in [6.07, 6.45) is 12.5. The molecule has 0 heterocycles. The molecule has 2 heteroatoms. The highest BCUT2D eigenvalue weighted by atomic mass is 15.2. The minimum atomic E-state index is 0.526. The van der Waals surface area contributed by atoms with Crippen LogP contribution >= 0.6 is 0 Å². The third-order valence-electron chi connectivity index (χ3n) is 3.29. The van der Waals surface area contributed by atoms with Crippen LogP contribution in [0.2, 0.25) is 0 Å². The molecule has 0 aliphatic heterocycles. The molecule has 1 aliphatic rings. The summed E-state index contributed by atoms with van der Waals surface area (Å²) in [6, 6.07) is 0.526. The van der Waals surface area contributed by atoms with Crippen LogP contribution in [0.15, 0.2) is 12.7 Å². The summed E-state index contributed by atoms with van der Waals surface area (Å²) in [5.41, 5.74) is 2.95. The first-order valence-corrected chi connectivity index (χ1v) is 5.94. The molecule has 1 rings (SSSR count). The van der Waals surface area contributed by atoms with Crippen molar-refractivity contribution >= 4 is 0 Å². The van der Waals surface area contributed by atoms with E-state index >= 15 is 0 Å². The molecular formula is C12H24N2. The number of nitrogens with one attached hydrogen (secondary N) is 1. The molecular weight excluding hydrogens is 172 g/mol. The van der Waals surface area contributed by atoms with Crippen molar-refractivity contribution in [1.29, 1.82) is 0 Å². The smallest absolute Gasteiger partial charge is 0.0213 e. The number of unbranched alkanes of at least 4 members (excludes halogenated alkanes) is 1. The molecule has 2 nitrogen and oxygen atoms in total. The van der Waals surface area contributed by atoms with Gasteiger partial charge in [-0.3, -0.25) is 11.3 Å². The summed E-state index contributed by atoms with van der Waals surface area (Å²) in [4.78, 5) is 0. The highest BCUT2D eigenvalue weighted by molar-refractivity contribution is 4.75. The van der Waals surface area contributed by atoms with Crippen LogP contribution in [0.5, 0.6) is 0 Å². The van der Waals surface area contributed by atoms with Crippen LogP contribution in [0.25, 0.3) is 0 Å². The van der Waals surface area contributed by atoms with Crippen molar-refractivity contribution in [2.45, 2.75) is 57.4 Å². The number of hydrogen-bond acceptors (Lipinski definition) is 2. The number of allylic oxidation sites excluding steroid dienone is 1. The van der Waals surface area contributed by atoms with Gasteiger partial charge in [-0.05, 0) is 31.6 Å². The van der Waals surface area contributed by atoms with E-state index in [1.807, 2.05) is 6.08 Å². The molecule has 1 saturated carbocycles. The molecule has 1 aliphatic carbocycles. The Morgan fingerprint density at radius 2 is 2.14 bits per heavy atom. The summed E-state index contributed by atoms with van der Waals surface area (Å²) < 4.78 is 0. The Labute approximate surface area is 87.9 Å². The van der Waals surface area contributed by atoms with Gasteiger partial charge in [0, 0.05) is 6.04 Å². The fourth-order valence-corrected chi connectivity index (χ4v) is 2.43. The normalized spacial score (nSPS) is 19.8. The number of hydrogen-bond donors (Lipinski definition) is 2. The Bertz CT molecular complexity index is 150. The molecule has 0 saturated heterocycles. The minimum Gasteiger partial charge on any atom is -0.271 e. The second-order valence-electron chi connectivity index (χ2n) is 4.47. The van der Waals surface area contributed by atoms with Crippen LogP contribution < -0.4 is 11.3 Å². The fraction of sp³-hybridized carbons (Fsp3) is 0.833. The maximum absolute atomic E-state index is 5.56. The monoisotopic (exact) mass is 196 g/mol. The lowest BCUT2D eigenvalue weighted by Crippen LogP contribution is -2.36. The first-order valence-electron chi connectivity index (χ1n) is 5.94. The highest BCUT2D eigenvalue weighted by Gasteiger charge is 2.18. The molecule has 0 aromatic heterocycles. The van der Waals surface area contributed by atoms with Crippen LogP contribution in [0.3, 0.4) is 0 Å². The largest absolute Gasteiger partial charge is 0.271 e. The molecule has 0 aromatic rings. The Balaban J connectivity index is 2.13. The van der Waals surface area contributed by atoms with E-state index in [1.54, 1.807) is 0 Å². The van der Waals surface area contributed by atoms with Gasteiger partial charge in [-0.25, -0.2) is 0 Å². The van der Waals surface area contributed by atoms with E-state index in [0.29, 0.717) is 6.04 Å². The lowest BCUT2D eigenvalue weighted by molar-refractivity contribution is 0.370. The van der Waals surface area contributed by atoms with Crippen molar-refractivity contribution in [2.75, 3.05) is 0 Å². The van der Waals surface area contributed by atoms with E-state index in [-0.39, 0.29) is 0 Å². The summed E-state index contributed by atoms with van der Waals surface area (Å²) in [7, 11) is 0. The van der Waals surface area contributed by atoms with E-state index in [2.05, 4.69) is 12.0 Å². The third-order valence-corrected chi connectivity index (χ3v) is 3.29. The molecule has 1 fully saturated rings. The zero-order valence-electron chi connectivity index (χ0n) is 9.17. The second kappa shape index (κ2) is 7.02. The van der Waals surface area contributed by atoms with Crippen molar-refractivity contribution in [3.63, 3.8) is 0 Å². The van der Waals surface area contributed by atoms with Crippen LogP contribution in [0.4, 0.5) is 0 Å². The molecule has 1 unspecified atom stereocenters. The van der Waals surface area contributed by atoms with Gasteiger partial charge >= 0.3 is 0 Å². The molecule has 1 atom stereocenters. The molecule has 82 valence electrons. The van der Waals surface area contributed by atoms with Crippen LogP contribution in [-0.2, 0) is 0 Å². The van der Waals surface area contributed by atoms with Crippen LogP contribution in [0, 0.1) is 5.92 Å². The van der Waals surface area contributed by atoms with Crippen molar-refractivity contribution < 1.29 is 0 Å². The van der Waals surface area contributed by atoms with Crippen LogP contribution in [-0.4, -0.2) is 6.04 Å². The van der Waals surface area contributed by atoms with E-state index in [0.717, 1.165) is 12.3 Å². The number of nitrogens with two attached hydrogens (primary N) is 1. The SMILES string of the molecule is C=CCCCC(CC1CCCC1)NN. The maximum Gasteiger partial charge on any atom is 0.0213 e. The molecule has 14 heavy (non-hydrogen) atoms. The molecule has 0 spiro atoms. The predicted octanol–water partition coefficient (Wildman–Crippen LogP) is 2.75. The summed E-state index contributed by atoms with van der Waals surface area (Å²) in [5.74, 6) is 6.49. The summed E-state index contributed by atoms with van der Waals surface area (Å²) in [6.45, 7) is 3.73. The topological polar surface area (TPSA) is 38.0 Å². The lowest BCUT2D eigenvalue weighted by Gasteiger charge is -2.19. The zero-order valence-corrected chi connectivity index (χ0v) is 9.17. The summed E-state index contributed by atoms with van der Waals surface area (Å²) >= 11 is 0. The fourth-order valence-electron chi connectivity index (χ4n) is 2.43. The zero-order chi connectivity index (χ0) is 10.2. The van der Waals surface area contributed by atoms with Crippen molar-refractivity contribution in [3.8, 4) is 0 Å². The van der Waals surface area contributed by atoms with E-state index in [1.165, 1.54) is 44.9 Å². The van der Waals surface area contributed by atoms with Crippen molar-refractivity contribution in [3.05, 3.63) is 12.7 Å². The predicted molar refractivity (Wildman–Crippen MR) is 61.7 cm³/mol. The minimum absolute atomic E-state index is 0.526. The Kier molecular flexibility index (Phi) is 5.88. The average molecular weight is 196 g/mol. The molecule has 0 amide bonds. The van der Waals surface area contributed by atoms with E-state index < -0.39 is 0 Å². The maximum atomic E-state index is 5.56. The molecule has 0 aromatic carbocycles. The quantitative estimate of drug-likeness (QED) is 0.284. The summed E-state index contributed by atoms with van der Waals surface area (Å²) in [5, 5.41) is 0. The van der Waals surface area contributed by atoms with Crippen LogP contribution in [0.1, 0.15) is 51.4 Å². The number of hydrazine groups is 1. The second-order valence-corrected chi connectivity index (χ2v) is 4.47. The molecule has 3 N–H and O–H groups in total. The van der Waals surface area contributed by atoms with E-state index in [9.17, 15) is 0 Å². The number of rotatable bonds is 7. The van der Waals surface area contributed by atoms with Gasteiger partial charge < -0.3 is 0 Å². The van der Waals surface area contributed by atoms with Gasteiger partial charge in [0.1, 0.15) is 0 Å². The first kappa shape index (κ1) is 11.7. The van der Waals surface area contributed by atoms with Gasteiger partial charge in [-0.2, -0.15) is 0 Å². The molecule has 0 radical (unpaired) electrons. The Hall–Kier alpha value is -0.340. The van der Waals surface area contributed by atoms with Crippen molar-refractivity contribution in [1.82, 2.24) is 5.43 Å². The average Bonchev–Trinajstić information content (AvgIpc) is 2.69. The third kappa shape index (κ3) is 4.25. The van der Waals surface area contributed by atoms with Crippen molar-refractivity contribution in [2.24, 2.45) is 11.8 Å². The molecule has 0 bridgehead atoms. The standard InChI is InChI=1S/C12H24N2/c1-2-3-4-9-12(14-13)10-11-7-5-6-8-11/h2,11-12,14H,1,3-10,13H2. The van der Waals surface area contributed by atoms with Gasteiger partial charge in [0.2, 0.25) is 0 Å². The first-order chi connectivity index (χ1) is 6.86. The Morgan fingerprint density at radius 3 is 2.71 bits per heavy atom. The van der Waals surface area contributed by atoms with Gasteiger partial charge in [-0.1, -0.05) is 31.8 Å². The van der Waals surface area contributed by atoms with Gasteiger partial charge in [0.25, 0.3) is 0 Å². The van der Waals surface area contributed by atoms with Gasteiger partial charge in [-0.15, -0.1) is 6.58 Å².